The molecule has 1 aromatic rings. The van der Waals surface area contributed by atoms with Crippen molar-refractivity contribution in [3.63, 3.8) is 0 Å². The van der Waals surface area contributed by atoms with E-state index in [-0.39, 0.29) is 24.6 Å². The van der Waals surface area contributed by atoms with Gasteiger partial charge in [-0.15, -0.1) is 11.8 Å². The van der Waals surface area contributed by atoms with Gasteiger partial charge in [0.25, 0.3) is 0 Å². The van der Waals surface area contributed by atoms with Crippen LogP contribution in [-0.2, 0) is 11.2 Å². The Morgan fingerprint density at radius 1 is 1.29 bits per heavy atom. The predicted molar refractivity (Wildman–Crippen MR) is 95.0 cm³/mol. The van der Waals surface area contributed by atoms with E-state index in [4.69, 9.17) is 9.84 Å². The molecular formula is C18H22O5S. The van der Waals surface area contributed by atoms with Crippen LogP contribution < -0.4 is 4.74 Å². The lowest BCUT2D eigenvalue weighted by Gasteiger charge is -2.13. The Kier molecular flexibility index (Phi) is 8.80. The number of hydrogen-bond acceptors (Lipinski definition) is 5. The molecule has 0 aromatic heterocycles. The fourth-order valence-corrected chi connectivity index (χ4v) is 2.69. The number of ether oxygens (including phenoxy) is 1. The van der Waals surface area contributed by atoms with Crippen molar-refractivity contribution in [3.05, 3.63) is 23.3 Å². The average molecular weight is 350 g/mol. The molecule has 1 rings (SSSR count). The predicted octanol–water partition coefficient (Wildman–Crippen LogP) is 3.14. The number of phenols is 1. The van der Waals surface area contributed by atoms with E-state index in [2.05, 4.69) is 11.8 Å². The smallest absolute Gasteiger partial charge is 0.304 e. The van der Waals surface area contributed by atoms with Gasteiger partial charge in [-0.2, -0.15) is 0 Å². The van der Waals surface area contributed by atoms with E-state index in [0.717, 1.165) is 6.42 Å². The van der Waals surface area contributed by atoms with Crippen LogP contribution in [0.2, 0.25) is 0 Å². The van der Waals surface area contributed by atoms with Crippen LogP contribution in [0.15, 0.2) is 12.1 Å². The minimum absolute atomic E-state index is 0.0148. The summed E-state index contributed by atoms with van der Waals surface area (Å²) in [5, 5.41) is 18.7. The van der Waals surface area contributed by atoms with Crippen LogP contribution in [0.4, 0.5) is 0 Å². The van der Waals surface area contributed by atoms with Crippen LogP contribution in [0, 0.1) is 11.8 Å². The maximum absolute atomic E-state index is 11.5. The van der Waals surface area contributed by atoms with Gasteiger partial charge >= 0.3 is 5.97 Å². The maximum Gasteiger partial charge on any atom is 0.304 e. The van der Waals surface area contributed by atoms with Gasteiger partial charge in [-0.3, -0.25) is 9.59 Å². The Balaban J connectivity index is 2.60. The molecule has 0 saturated carbocycles. The van der Waals surface area contributed by atoms with Crippen molar-refractivity contribution in [2.24, 2.45) is 0 Å². The molecule has 0 bridgehead atoms. The first-order chi connectivity index (χ1) is 11.5. The SMILES string of the molecule is CCCc1c(OCC#CCSCCC(=O)O)ccc(C(C)=O)c1O. The molecule has 0 aliphatic rings. The van der Waals surface area contributed by atoms with E-state index in [9.17, 15) is 14.7 Å². The highest BCUT2D eigenvalue weighted by molar-refractivity contribution is 7.99. The summed E-state index contributed by atoms with van der Waals surface area (Å²) in [6, 6.07) is 3.24. The molecule has 24 heavy (non-hydrogen) atoms. The number of carbonyl (C=O) groups excluding carboxylic acids is 1. The summed E-state index contributed by atoms with van der Waals surface area (Å²) in [4.78, 5) is 21.9. The Morgan fingerprint density at radius 3 is 2.67 bits per heavy atom. The van der Waals surface area contributed by atoms with Crippen LogP contribution in [-0.4, -0.2) is 40.1 Å². The number of benzene rings is 1. The lowest BCUT2D eigenvalue weighted by atomic mass is 10.0. The second-order valence-electron chi connectivity index (χ2n) is 5.08. The molecule has 0 atom stereocenters. The van der Waals surface area contributed by atoms with Gasteiger partial charge < -0.3 is 14.9 Å². The van der Waals surface area contributed by atoms with Gasteiger partial charge in [0.05, 0.1) is 17.7 Å². The van der Waals surface area contributed by atoms with E-state index in [0.29, 0.717) is 34.8 Å². The number of Topliss-reactive ketones (excluding diaryl/α,β-unsaturated/α-hetero) is 1. The van der Waals surface area contributed by atoms with E-state index in [1.165, 1.54) is 18.7 Å². The summed E-state index contributed by atoms with van der Waals surface area (Å²) in [6.07, 6.45) is 1.56. The van der Waals surface area contributed by atoms with Gasteiger partial charge in [0, 0.05) is 11.3 Å². The van der Waals surface area contributed by atoms with Gasteiger partial charge in [0.2, 0.25) is 0 Å². The van der Waals surface area contributed by atoms with E-state index >= 15 is 0 Å². The molecule has 0 aliphatic heterocycles. The second kappa shape index (κ2) is 10.6. The first kappa shape index (κ1) is 19.9. The second-order valence-corrected chi connectivity index (χ2v) is 6.19. The number of hydrogen-bond donors (Lipinski definition) is 2. The molecule has 0 aliphatic carbocycles. The van der Waals surface area contributed by atoms with Crippen molar-refractivity contribution in [3.8, 4) is 23.3 Å². The maximum atomic E-state index is 11.5. The highest BCUT2D eigenvalue weighted by Gasteiger charge is 2.15. The fraction of sp³-hybridized carbons (Fsp3) is 0.444. The third-order valence-electron chi connectivity index (χ3n) is 3.18. The number of aromatic hydroxyl groups is 1. The van der Waals surface area contributed by atoms with Crippen LogP contribution in [0.25, 0.3) is 0 Å². The van der Waals surface area contributed by atoms with Gasteiger partial charge in [0.15, 0.2) is 5.78 Å². The van der Waals surface area contributed by atoms with Crippen molar-refractivity contribution in [2.45, 2.75) is 33.1 Å². The summed E-state index contributed by atoms with van der Waals surface area (Å²) >= 11 is 1.46. The van der Waals surface area contributed by atoms with Crippen LogP contribution in [0.3, 0.4) is 0 Å². The van der Waals surface area contributed by atoms with Gasteiger partial charge in [-0.25, -0.2) is 0 Å². The molecule has 0 fully saturated rings. The summed E-state index contributed by atoms with van der Waals surface area (Å²) in [5.41, 5.74) is 0.926. The summed E-state index contributed by atoms with van der Waals surface area (Å²) < 4.78 is 5.60. The molecule has 0 radical (unpaired) electrons. The third-order valence-corrected chi connectivity index (χ3v) is 4.02. The van der Waals surface area contributed by atoms with Gasteiger partial charge in [0.1, 0.15) is 18.1 Å². The molecule has 1 aromatic carbocycles. The monoisotopic (exact) mass is 350 g/mol. The first-order valence-corrected chi connectivity index (χ1v) is 8.86. The van der Waals surface area contributed by atoms with Gasteiger partial charge in [-0.05, 0) is 25.5 Å². The first-order valence-electron chi connectivity index (χ1n) is 7.71. The largest absolute Gasteiger partial charge is 0.507 e. The zero-order valence-electron chi connectivity index (χ0n) is 13.9. The number of phenolic OH excluding ortho intramolecular Hbond substituents is 1. The average Bonchev–Trinajstić information content (AvgIpc) is 2.52. The number of ketones is 1. The minimum atomic E-state index is -0.809. The highest BCUT2D eigenvalue weighted by atomic mass is 32.2. The lowest BCUT2D eigenvalue weighted by molar-refractivity contribution is -0.136. The quantitative estimate of drug-likeness (QED) is 0.404. The Hall–Kier alpha value is -2.13. The van der Waals surface area contributed by atoms with Crippen molar-refractivity contribution in [1.29, 1.82) is 0 Å². The molecule has 6 heteroatoms. The zero-order chi connectivity index (χ0) is 17.9. The number of carboxylic acids is 1. The molecule has 0 unspecified atom stereocenters. The molecular weight excluding hydrogens is 328 g/mol. The normalized spacial score (nSPS) is 9.92. The number of rotatable bonds is 9. The lowest BCUT2D eigenvalue weighted by Crippen LogP contribution is -2.02. The van der Waals surface area contributed by atoms with Crippen LogP contribution >= 0.6 is 11.8 Å². The standard InChI is InChI=1S/C18H22O5S/c1-3-6-15-16(8-7-14(13(2)19)18(15)22)23-10-4-5-11-24-12-9-17(20)21/h7-8,22H,3,6,9-12H2,1-2H3,(H,20,21). The number of thioether (sulfide) groups is 1. The summed E-state index contributed by atoms with van der Waals surface area (Å²) in [5.74, 6) is 6.37. The van der Waals surface area contributed by atoms with Crippen molar-refractivity contribution in [2.75, 3.05) is 18.1 Å². The summed E-state index contributed by atoms with van der Waals surface area (Å²) in [6.45, 7) is 3.58. The van der Waals surface area contributed by atoms with Crippen molar-refractivity contribution < 1.29 is 24.5 Å². The fourth-order valence-electron chi connectivity index (χ4n) is 2.03. The molecule has 2 N–H and O–H groups in total. The Morgan fingerprint density at radius 2 is 2.04 bits per heavy atom. The number of aliphatic carboxylic acids is 1. The molecule has 130 valence electrons. The molecule has 5 nitrogen and oxygen atoms in total. The van der Waals surface area contributed by atoms with E-state index < -0.39 is 5.97 Å². The topological polar surface area (TPSA) is 83.8 Å². The zero-order valence-corrected chi connectivity index (χ0v) is 14.7. The van der Waals surface area contributed by atoms with Crippen molar-refractivity contribution >= 4 is 23.5 Å². The highest BCUT2D eigenvalue weighted by Crippen LogP contribution is 2.32. The number of carbonyl (C=O) groups is 2. The minimum Gasteiger partial charge on any atom is -0.507 e. The van der Waals surface area contributed by atoms with E-state index in [1.54, 1.807) is 12.1 Å². The van der Waals surface area contributed by atoms with Crippen molar-refractivity contribution in [1.82, 2.24) is 0 Å². The van der Waals surface area contributed by atoms with Crippen LogP contribution in [0.5, 0.6) is 11.5 Å². The summed E-state index contributed by atoms with van der Waals surface area (Å²) in [7, 11) is 0. The molecule has 0 amide bonds. The Bertz CT molecular complexity index is 643. The number of carboxylic acid groups (broad SMARTS) is 1. The molecule has 0 saturated heterocycles. The molecule has 0 heterocycles. The van der Waals surface area contributed by atoms with Gasteiger partial charge in [-0.1, -0.05) is 25.2 Å². The Labute approximate surface area is 146 Å². The van der Waals surface area contributed by atoms with E-state index in [1.807, 2.05) is 6.92 Å². The molecule has 0 spiro atoms. The third kappa shape index (κ3) is 6.55. The van der Waals surface area contributed by atoms with Crippen LogP contribution in [0.1, 0.15) is 42.6 Å².